The second kappa shape index (κ2) is 7.00. The lowest BCUT2D eigenvalue weighted by atomic mass is 10.0. The topological polar surface area (TPSA) is 58.0 Å². The Morgan fingerprint density at radius 2 is 1.88 bits per heavy atom. The molecule has 0 aliphatic heterocycles. The Labute approximate surface area is 144 Å². The number of alkyl halides is 3. The van der Waals surface area contributed by atoms with Crippen molar-refractivity contribution >= 4 is 0 Å². The van der Waals surface area contributed by atoms with Gasteiger partial charge in [-0.05, 0) is 49.6 Å². The van der Waals surface area contributed by atoms with Crippen LogP contribution in [0.25, 0.3) is 11.3 Å². The van der Waals surface area contributed by atoms with Crippen molar-refractivity contribution in [1.29, 1.82) is 0 Å². The summed E-state index contributed by atoms with van der Waals surface area (Å²) in [6.45, 7) is 2.12. The molecule has 1 heterocycles. The van der Waals surface area contributed by atoms with Gasteiger partial charge < -0.3 is 10.4 Å². The average molecular weight is 351 g/mol. The van der Waals surface area contributed by atoms with Crippen molar-refractivity contribution in [1.82, 2.24) is 15.5 Å². The normalized spacial score (nSPS) is 15.7. The van der Waals surface area contributed by atoms with Crippen LogP contribution in [-0.4, -0.2) is 21.3 Å². The first-order chi connectivity index (χ1) is 11.8. The maximum Gasteiger partial charge on any atom is 0.416 e. The highest BCUT2D eigenvalue weighted by molar-refractivity contribution is 5.71. The van der Waals surface area contributed by atoms with Crippen LogP contribution in [0.1, 0.15) is 42.5 Å². The molecule has 1 aromatic heterocycles. The molecule has 1 saturated carbocycles. The number of benzene rings is 1. The van der Waals surface area contributed by atoms with E-state index < -0.39 is 17.5 Å². The third kappa shape index (κ3) is 4.10. The van der Waals surface area contributed by atoms with Crippen LogP contribution in [0.2, 0.25) is 0 Å². The van der Waals surface area contributed by atoms with Crippen molar-refractivity contribution in [3.63, 3.8) is 0 Å². The molecular weight excluding hydrogens is 331 g/mol. The summed E-state index contributed by atoms with van der Waals surface area (Å²) < 4.78 is 38.4. The van der Waals surface area contributed by atoms with E-state index in [0.717, 1.165) is 17.8 Å². The summed E-state index contributed by atoms with van der Waals surface area (Å²) in [7, 11) is 0. The molecule has 0 spiro atoms. The fourth-order valence-electron chi connectivity index (χ4n) is 3.23. The van der Waals surface area contributed by atoms with Gasteiger partial charge in [-0.3, -0.25) is 0 Å². The van der Waals surface area contributed by atoms with Crippen molar-refractivity contribution in [2.24, 2.45) is 0 Å². The van der Waals surface area contributed by atoms with Gasteiger partial charge in [0.05, 0.1) is 17.0 Å². The van der Waals surface area contributed by atoms with E-state index in [2.05, 4.69) is 15.5 Å². The van der Waals surface area contributed by atoms with Crippen LogP contribution in [0.3, 0.4) is 0 Å². The lowest BCUT2D eigenvalue weighted by Crippen LogP contribution is -2.25. The SMILES string of the molecule is Cc1cc(C(F)(F)F)cc(O)c1-c1ccc(CNC2CCCC2)nn1. The predicted molar refractivity (Wildman–Crippen MR) is 88.0 cm³/mol. The van der Waals surface area contributed by atoms with E-state index >= 15 is 0 Å². The molecule has 1 aliphatic rings. The molecule has 2 N–H and O–H groups in total. The molecule has 0 amide bonds. The largest absolute Gasteiger partial charge is 0.507 e. The van der Waals surface area contributed by atoms with Gasteiger partial charge in [-0.2, -0.15) is 23.4 Å². The average Bonchev–Trinajstić information content (AvgIpc) is 3.06. The molecule has 0 bridgehead atoms. The number of rotatable bonds is 4. The van der Waals surface area contributed by atoms with Crippen LogP contribution in [0.15, 0.2) is 24.3 Å². The highest BCUT2D eigenvalue weighted by atomic mass is 19.4. The molecule has 1 aromatic carbocycles. The second-order valence-corrected chi connectivity index (χ2v) is 6.46. The zero-order valence-electron chi connectivity index (χ0n) is 13.9. The minimum absolute atomic E-state index is 0.274. The number of aryl methyl sites for hydroxylation is 1. The molecule has 1 fully saturated rings. The van der Waals surface area contributed by atoms with Crippen LogP contribution in [-0.2, 0) is 12.7 Å². The van der Waals surface area contributed by atoms with E-state index in [1.54, 1.807) is 12.1 Å². The Morgan fingerprint density at radius 1 is 1.16 bits per heavy atom. The van der Waals surface area contributed by atoms with Gasteiger partial charge in [0.25, 0.3) is 0 Å². The van der Waals surface area contributed by atoms with Crippen molar-refractivity contribution in [3.05, 3.63) is 41.1 Å². The van der Waals surface area contributed by atoms with Gasteiger partial charge in [-0.15, -0.1) is 0 Å². The van der Waals surface area contributed by atoms with Crippen molar-refractivity contribution in [3.8, 4) is 17.0 Å². The Bertz CT molecular complexity index is 715. The predicted octanol–water partition coefficient (Wildman–Crippen LogP) is 4.21. The number of hydrogen-bond donors (Lipinski definition) is 2. The monoisotopic (exact) mass is 351 g/mol. The molecular formula is C18H20F3N3O. The summed E-state index contributed by atoms with van der Waals surface area (Å²) >= 11 is 0. The molecule has 0 saturated heterocycles. The number of nitrogens with one attached hydrogen (secondary N) is 1. The lowest BCUT2D eigenvalue weighted by molar-refractivity contribution is -0.137. The molecule has 0 atom stereocenters. The van der Waals surface area contributed by atoms with E-state index in [-0.39, 0.29) is 5.56 Å². The molecule has 2 aromatic rings. The zero-order chi connectivity index (χ0) is 18.0. The van der Waals surface area contributed by atoms with Gasteiger partial charge in [0, 0.05) is 18.2 Å². The van der Waals surface area contributed by atoms with E-state index in [1.807, 2.05) is 0 Å². The first kappa shape index (κ1) is 17.7. The number of halogens is 3. The molecule has 7 heteroatoms. The van der Waals surface area contributed by atoms with Gasteiger partial charge >= 0.3 is 6.18 Å². The summed E-state index contributed by atoms with van der Waals surface area (Å²) in [4.78, 5) is 0. The number of hydrogen-bond acceptors (Lipinski definition) is 4. The Morgan fingerprint density at radius 3 is 2.44 bits per heavy atom. The highest BCUT2D eigenvalue weighted by Crippen LogP contribution is 2.38. The molecule has 1 aliphatic carbocycles. The van der Waals surface area contributed by atoms with Crippen LogP contribution < -0.4 is 5.32 Å². The minimum atomic E-state index is -4.50. The third-order valence-corrected chi connectivity index (χ3v) is 4.54. The van der Waals surface area contributed by atoms with Crippen molar-refractivity contribution in [2.45, 2.75) is 51.4 Å². The molecule has 25 heavy (non-hydrogen) atoms. The summed E-state index contributed by atoms with van der Waals surface area (Å²) in [5.74, 6) is -0.446. The lowest BCUT2D eigenvalue weighted by Gasteiger charge is -2.13. The number of phenols is 1. The smallest absolute Gasteiger partial charge is 0.416 e. The van der Waals surface area contributed by atoms with Crippen LogP contribution in [0, 0.1) is 6.92 Å². The molecule has 0 radical (unpaired) electrons. The Hall–Kier alpha value is -2.15. The minimum Gasteiger partial charge on any atom is -0.507 e. The van der Waals surface area contributed by atoms with E-state index in [9.17, 15) is 18.3 Å². The van der Waals surface area contributed by atoms with Crippen molar-refractivity contribution < 1.29 is 18.3 Å². The standard InChI is InChI=1S/C18H20F3N3O/c1-11-8-12(18(19,20)21)9-16(25)17(11)15-7-6-14(23-24-15)10-22-13-4-2-3-5-13/h6-9,13,22,25H,2-5,10H2,1H3. The van der Waals surface area contributed by atoms with E-state index in [0.29, 0.717) is 23.8 Å². The quantitative estimate of drug-likeness (QED) is 0.866. The van der Waals surface area contributed by atoms with Crippen LogP contribution >= 0.6 is 0 Å². The van der Waals surface area contributed by atoms with Crippen LogP contribution in [0.5, 0.6) is 5.75 Å². The van der Waals surface area contributed by atoms with Gasteiger partial charge in [0.1, 0.15) is 5.75 Å². The summed E-state index contributed by atoms with van der Waals surface area (Å²) in [5.41, 5.74) is 0.818. The Balaban J connectivity index is 1.77. The molecule has 3 rings (SSSR count). The van der Waals surface area contributed by atoms with Gasteiger partial charge in [0.15, 0.2) is 0 Å². The summed E-state index contributed by atoms with van der Waals surface area (Å²) in [5, 5.41) is 21.7. The number of aromatic hydroxyl groups is 1. The van der Waals surface area contributed by atoms with Crippen molar-refractivity contribution in [2.75, 3.05) is 0 Å². The molecule has 0 unspecified atom stereocenters. The maximum absolute atomic E-state index is 12.8. The first-order valence-electron chi connectivity index (χ1n) is 8.32. The number of nitrogens with zero attached hydrogens (tertiary/aromatic N) is 2. The highest BCUT2D eigenvalue weighted by Gasteiger charge is 2.32. The fraction of sp³-hybridized carbons (Fsp3) is 0.444. The third-order valence-electron chi connectivity index (χ3n) is 4.54. The number of phenolic OH excluding ortho intramolecular Hbond substituents is 1. The summed E-state index contributed by atoms with van der Waals surface area (Å²) in [6.07, 6.45) is 0.333. The zero-order valence-corrected chi connectivity index (χ0v) is 13.9. The molecule has 4 nitrogen and oxygen atoms in total. The fourth-order valence-corrected chi connectivity index (χ4v) is 3.23. The van der Waals surface area contributed by atoms with E-state index in [4.69, 9.17) is 0 Å². The van der Waals surface area contributed by atoms with Gasteiger partial charge in [0.2, 0.25) is 0 Å². The maximum atomic E-state index is 12.8. The molecule has 134 valence electrons. The summed E-state index contributed by atoms with van der Waals surface area (Å²) in [6, 6.07) is 5.70. The first-order valence-corrected chi connectivity index (χ1v) is 8.32. The van der Waals surface area contributed by atoms with Gasteiger partial charge in [-0.25, -0.2) is 0 Å². The second-order valence-electron chi connectivity index (χ2n) is 6.46. The van der Waals surface area contributed by atoms with Gasteiger partial charge in [-0.1, -0.05) is 12.8 Å². The Kier molecular flexibility index (Phi) is 4.94. The number of aromatic nitrogens is 2. The van der Waals surface area contributed by atoms with E-state index in [1.165, 1.54) is 32.6 Å². The van der Waals surface area contributed by atoms with Crippen LogP contribution in [0.4, 0.5) is 13.2 Å².